The number of nitrogens with one attached hydrogen (secondary N) is 2. The number of benzene rings is 1. The van der Waals surface area contributed by atoms with Crippen molar-refractivity contribution in [1.82, 2.24) is 15.6 Å². The summed E-state index contributed by atoms with van der Waals surface area (Å²) in [5, 5.41) is 6.35. The highest BCUT2D eigenvalue weighted by Gasteiger charge is 2.18. The van der Waals surface area contributed by atoms with Gasteiger partial charge in [-0.3, -0.25) is 9.78 Å². The highest BCUT2D eigenvalue weighted by Crippen LogP contribution is 2.21. The van der Waals surface area contributed by atoms with Gasteiger partial charge in [-0.05, 0) is 29.7 Å². The van der Waals surface area contributed by atoms with E-state index in [1.807, 2.05) is 25.3 Å². The van der Waals surface area contributed by atoms with Crippen molar-refractivity contribution >= 4 is 5.91 Å². The number of ether oxygens (including phenoxy) is 1. The summed E-state index contributed by atoms with van der Waals surface area (Å²) in [5.74, 6) is 0.0434. The first kappa shape index (κ1) is 16.6. The van der Waals surface area contributed by atoms with Gasteiger partial charge in [0.25, 0.3) is 0 Å². The van der Waals surface area contributed by atoms with E-state index in [9.17, 15) is 4.79 Å². The van der Waals surface area contributed by atoms with Crippen LogP contribution in [0.2, 0.25) is 0 Å². The number of rotatable bonds is 5. The molecule has 1 aliphatic rings. The maximum Gasteiger partial charge on any atom is 0.222 e. The van der Waals surface area contributed by atoms with Crippen LogP contribution in [0.15, 0.2) is 48.8 Å². The second-order valence-corrected chi connectivity index (χ2v) is 6.08. The molecule has 5 nitrogen and oxygen atoms in total. The molecule has 0 bridgehead atoms. The Hall–Kier alpha value is -2.24. The molecule has 0 radical (unpaired) electrons. The summed E-state index contributed by atoms with van der Waals surface area (Å²) < 4.78 is 5.38. The van der Waals surface area contributed by atoms with Gasteiger partial charge >= 0.3 is 0 Å². The predicted molar refractivity (Wildman–Crippen MR) is 93.5 cm³/mol. The number of pyridine rings is 1. The zero-order valence-electron chi connectivity index (χ0n) is 13.9. The molecular weight excluding hydrogens is 302 g/mol. The minimum Gasteiger partial charge on any atom is -0.378 e. The fourth-order valence-electron chi connectivity index (χ4n) is 2.86. The number of carbonyl (C=O) groups is 1. The van der Waals surface area contributed by atoms with Crippen LogP contribution in [0.1, 0.15) is 24.9 Å². The monoisotopic (exact) mass is 325 g/mol. The molecule has 2 aromatic rings. The van der Waals surface area contributed by atoms with E-state index in [1.165, 1.54) is 0 Å². The van der Waals surface area contributed by atoms with Crippen LogP contribution in [0.4, 0.5) is 0 Å². The molecule has 3 rings (SSSR count). The van der Waals surface area contributed by atoms with Crippen molar-refractivity contribution < 1.29 is 9.53 Å². The summed E-state index contributed by atoms with van der Waals surface area (Å²) >= 11 is 0. The SMILES string of the molecule is CC(NC(=O)CC1COCCN1)c1ccc(-c2cccnc2)cc1. The zero-order chi connectivity index (χ0) is 16.8. The molecule has 0 spiro atoms. The lowest BCUT2D eigenvalue weighted by Gasteiger charge is -2.24. The van der Waals surface area contributed by atoms with E-state index in [-0.39, 0.29) is 18.0 Å². The molecule has 1 saturated heterocycles. The van der Waals surface area contributed by atoms with Crippen LogP contribution < -0.4 is 10.6 Å². The third kappa shape index (κ3) is 4.40. The number of aromatic nitrogens is 1. The molecule has 2 unspecified atom stereocenters. The second kappa shape index (κ2) is 8.04. The van der Waals surface area contributed by atoms with Gasteiger partial charge in [-0.25, -0.2) is 0 Å². The maximum absolute atomic E-state index is 12.2. The Labute approximate surface area is 142 Å². The van der Waals surface area contributed by atoms with Gasteiger partial charge in [0.2, 0.25) is 5.91 Å². The van der Waals surface area contributed by atoms with Crippen molar-refractivity contribution in [3.8, 4) is 11.1 Å². The van der Waals surface area contributed by atoms with Gasteiger partial charge in [0, 0.05) is 31.4 Å². The summed E-state index contributed by atoms with van der Waals surface area (Å²) in [6, 6.07) is 12.3. The van der Waals surface area contributed by atoms with Crippen LogP contribution >= 0.6 is 0 Å². The topological polar surface area (TPSA) is 63.2 Å². The van der Waals surface area contributed by atoms with E-state index in [0.717, 1.165) is 29.8 Å². The molecule has 1 aromatic carbocycles. The summed E-state index contributed by atoms with van der Waals surface area (Å²) in [6.45, 7) is 4.13. The van der Waals surface area contributed by atoms with E-state index in [1.54, 1.807) is 6.20 Å². The number of hydrogen-bond donors (Lipinski definition) is 2. The molecule has 0 saturated carbocycles. The lowest BCUT2D eigenvalue weighted by molar-refractivity contribution is -0.122. The van der Waals surface area contributed by atoms with Gasteiger partial charge in [-0.15, -0.1) is 0 Å². The van der Waals surface area contributed by atoms with Crippen molar-refractivity contribution in [2.45, 2.75) is 25.4 Å². The van der Waals surface area contributed by atoms with Gasteiger partial charge in [0.15, 0.2) is 0 Å². The first-order valence-electron chi connectivity index (χ1n) is 8.33. The number of amides is 1. The largest absolute Gasteiger partial charge is 0.378 e. The van der Waals surface area contributed by atoms with E-state index >= 15 is 0 Å². The quantitative estimate of drug-likeness (QED) is 0.885. The lowest BCUT2D eigenvalue weighted by Crippen LogP contribution is -2.44. The molecule has 1 aromatic heterocycles. The first-order chi connectivity index (χ1) is 11.7. The second-order valence-electron chi connectivity index (χ2n) is 6.08. The van der Waals surface area contributed by atoms with E-state index in [2.05, 4.69) is 39.9 Å². The van der Waals surface area contributed by atoms with Crippen molar-refractivity contribution in [3.05, 3.63) is 54.4 Å². The number of carbonyl (C=O) groups excluding carboxylic acids is 1. The number of nitrogens with zero attached hydrogens (tertiary/aromatic N) is 1. The van der Waals surface area contributed by atoms with E-state index < -0.39 is 0 Å². The summed E-state index contributed by atoms with van der Waals surface area (Å²) in [4.78, 5) is 16.3. The minimum atomic E-state index is -0.0232. The van der Waals surface area contributed by atoms with Crippen LogP contribution in [-0.2, 0) is 9.53 Å². The molecular formula is C19H23N3O2. The van der Waals surface area contributed by atoms with E-state index in [4.69, 9.17) is 4.74 Å². The van der Waals surface area contributed by atoms with Crippen LogP contribution in [0.25, 0.3) is 11.1 Å². The van der Waals surface area contributed by atoms with Crippen LogP contribution in [-0.4, -0.2) is 36.7 Å². The summed E-state index contributed by atoms with van der Waals surface area (Å²) in [5.41, 5.74) is 3.29. The van der Waals surface area contributed by atoms with Gasteiger partial charge < -0.3 is 15.4 Å². The van der Waals surface area contributed by atoms with Crippen LogP contribution in [0.5, 0.6) is 0 Å². The van der Waals surface area contributed by atoms with Crippen LogP contribution in [0.3, 0.4) is 0 Å². The Morgan fingerprint density at radius 1 is 1.33 bits per heavy atom. The normalized spacial score (nSPS) is 18.8. The summed E-state index contributed by atoms with van der Waals surface area (Å²) in [7, 11) is 0. The van der Waals surface area contributed by atoms with Gasteiger partial charge in [-0.2, -0.15) is 0 Å². The molecule has 1 aliphatic heterocycles. The Morgan fingerprint density at radius 2 is 2.17 bits per heavy atom. The van der Waals surface area contributed by atoms with Gasteiger partial charge in [0.1, 0.15) is 0 Å². The minimum absolute atomic E-state index is 0.0232. The molecule has 1 amide bonds. The van der Waals surface area contributed by atoms with Gasteiger partial charge in [-0.1, -0.05) is 30.3 Å². The molecule has 24 heavy (non-hydrogen) atoms. The first-order valence-corrected chi connectivity index (χ1v) is 8.33. The molecule has 2 heterocycles. The van der Waals surface area contributed by atoms with Crippen molar-refractivity contribution in [3.63, 3.8) is 0 Å². The van der Waals surface area contributed by atoms with Crippen LogP contribution in [0, 0.1) is 0 Å². The zero-order valence-corrected chi connectivity index (χ0v) is 13.9. The molecule has 126 valence electrons. The number of morpholine rings is 1. The Bertz CT molecular complexity index is 652. The smallest absolute Gasteiger partial charge is 0.222 e. The Kier molecular flexibility index (Phi) is 5.56. The number of hydrogen-bond acceptors (Lipinski definition) is 4. The van der Waals surface area contributed by atoms with Crippen molar-refractivity contribution in [1.29, 1.82) is 0 Å². The Morgan fingerprint density at radius 3 is 2.83 bits per heavy atom. The fraction of sp³-hybridized carbons (Fsp3) is 0.368. The molecule has 5 heteroatoms. The van der Waals surface area contributed by atoms with E-state index in [0.29, 0.717) is 13.0 Å². The van der Waals surface area contributed by atoms with Gasteiger partial charge in [0.05, 0.1) is 19.3 Å². The summed E-state index contributed by atoms with van der Waals surface area (Å²) in [6.07, 6.45) is 4.05. The molecule has 1 fully saturated rings. The van der Waals surface area contributed by atoms with Crippen molar-refractivity contribution in [2.75, 3.05) is 19.8 Å². The molecule has 0 aliphatic carbocycles. The maximum atomic E-state index is 12.2. The standard InChI is InChI=1S/C19H23N3O2/c1-14(22-19(23)11-18-13-24-10-9-21-18)15-4-6-16(7-5-15)17-3-2-8-20-12-17/h2-8,12,14,18,21H,9-11,13H2,1H3,(H,22,23). The highest BCUT2D eigenvalue weighted by atomic mass is 16.5. The predicted octanol–water partition coefficient (Wildman–Crippen LogP) is 2.30. The average molecular weight is 325 g/mol. The third-order valence-corrected chi connectivity index (χ3v) is 4.21. The fourth-order valence-corrected chi connectivity index (χ4v) is 2.86. The average Bonchev–Trinajstić information content (AvgIpc) is 2.63. The molecule has 2 N–H and O–H groups in total. The third-order valence-electron chi connectivity index (χ3n) is 4.21. The molecule has 2 atom stereocenters. The Balaban J connectivity index is 1.56. The lowest BCUT2D eigenvalue weighted by atomic mass is 10.0. The highest BCUT2D eigenvalue weighted by molar-refractivity contribution is 5.77. The van der Waals surface area contributed by atoms with Crippen molar-refractivity contribution in [2.24, 2.45) is 0 Å².